The van der Waals surface area contributed by atoms with Crippen LogP contribution in [0.15, 0.2) is 24.3 Å². The fourth-order valence-electron chi connectivity index (χ4n) is 2.49. The molecule has 5 nitrogen and oxygen atoms in total. The van der Waals surface area contributed by atoms with E-state index in [1.54, 1.807) is 0 Å². The van der Waals surface area contributed by atoms with Gasteiger partial charge in [0.1, 0.15) is 5.75 Å². The van der Waals surface area contributed by atoms with Crippen LogP contribution in [-0.4, -0.2) is 41.5 Å². The summed E-state index contributed by atoms with van der Waals surface area (Å²) >= 11 is 0. The van der Waals surface area contributed by atoms with Crippen LogP contribution in [0.1, 0.15) is 40.2 Å². The molecule has 138 valence electrons. The van der Waals surface area contributed by atoms with Crippen molar-refractivity contribution in [2.45, 2.75) is 53.4 Å². The van der Waals surface area contributed by atoms with Gasteiger partial charge in [0.15, 0.2) is 6.29 Å². The molecule has 0 saturated carbocycles. The van der Waals surface area contributed by atoms with Crippen molar-refractivity contribution in [2.24, 2.45) is 0 Å². The molecule has 0 heterocycles. The van der Waals surface area contributed by atoms with Gasteiger partial charge in [0.2, 0.25) is 0 Å². The van der Waals surface area contributed by atoms with Crippen molar-refractivity contribution in [3.05, 3.63) is 29.8 Å². The van der Waals surface area contributed by atoms with E-state index in [9.17, 15) is 0 Å². The SMILES string of the molecule is CCOC(C)Oc1ccc(CC[Si](OCC)(OCC)OCC)cc1. The summed E-state index contributed by atoms with van der Waals surface area (Å²) in [4.78, 5) is 0. The highest BCUT2D eigenvalue weighted by molar-refractivity contribution is 6.60. The average Bonchev–Trinajstić information content (AvgIpc) is 2.55. The van der Waals surface area contributed by atoms with Gasteiger partial charge in [0, 0.05) is 32.5 Å². The summed E-state index contributed by atoms with van der Waals surface area (Å²) in [6.45, 7) is 12.2. The second-order valence-electron chi connectivity index (χ2n) is 5.27. The molecule has 1 aromatic rings. The zero-order chi connectivity index (χ0) is 17.8. The third kappa shape index (κ3) is 7.32. The molecule has 0 saturated heterocycles. The monoisotopic (exact) mass is 356 g/mol. The Balaban J connectivity index is 2.63. The molecular weight excluding hydrogens is 324 g/mol. The van der Waals surface area contributed by atoms with E-state index >= 15 is 0 Å². The highest BCUT2D eigenvalue weighted by Gasteiger charge is 2.39. The van der Waals surface area contributed by atoms with E-state index in [4.69, 9.17) is 22.8 Å². The Kier molecular flexibility index (Phi) is 10.2. The van der Waals surface area contributed by atoms with Crippen LogP contribution in [0.25, 0.3) is 0 Å². The third-order valence-electron chi connectivity index (χ3n) is 3.44. The summed E-state index contributed by atoms with van der Waals surface area (Å²) in [6.07, 6.45) is 0.614. The summed E-state index contributed by atoms with van der Waals surface area (Å²) in [5, 5.41) is 0. The molecule has 0 aliphatic rings. The molecule has 1 unspecified atom stereocenters. The van der Waals surface area contributed by atoms with Gasteiger partial charge < -0.3 is 22.8 Å². The van der Waals surface area contributed by atoms with E-state index in [2.05, 4.69) is 12.1 Å². The van der Waals surface area contributed by atoms with E-state index in [1.807, 2.05) is 46.8 Å². The quantitative estimate of drug-likeness (QED) is 0.394. The van der Waals surface area contributed by atoms with Crippen molar-refractivity contribution in [3.63, 3.8) is 0 Å². The van der Waals surface area contributed by atoms with Crippen molar-refractivity contribution in [1.82, 2.24) is 0 Å². The van der Waals surface area contributed by atoms with Gasteiger partial charge in [-0.25, -0.2) is 0 Å². The Morgan fingerprint density at radius 2 is 1.38 bits per heavy atom. The van der Waals surface area contributed by atoms with Crippen LogP contribution in [0, 0.1) is 0 Å². The van der Waals surface area contributed by atoms with Gasteiger partial charge in [-0.2, -0.15) is 0 Å². The lowest BCUT2D eigenvalue weighted by Crippen LogP contribution is -2.46. The van der Waals surface area contributed by atoms with Crippen LogP contribution < -0.4 is 4.74 Å². The lowest BCUT2D eigenvalue weighted by Gasteiger charge is -2.28. The van der Waals surface area contributed by atoms with E-state index in [1.165, 1.54) is 5.56 Å². The van der Waals surface area contributed by atoms with Crippen LogP contribution in [0.5, 0.6) is 5.75 Å². The molecule has 0 fully saturated rings. The maximum absolute atomic E-state index is 5.89. The van der Waals surface area contributed by atoms with Crippen LogP contribution >= 0.6 is 0 Å². The van der Waals surface area contributed by atoms with Crippen molar-refractivity contribution >= 4 is 8.80 Å². The molecule has 24 heavy (non-hydrogen) atoms. The topological polar surface area (TPSA) is 46.2 Å². The van der Waals surface area contributed by atoms with Crippen molar-refractivity contribution in [3.8, 4) is 5.75 Å². The van der Waals surface area contributed by atoms with Gasteiger partial charge in [-0.05, 0) is 58.7 Å². The normalized spacial score (nSPS) is 13.0. The highest BCUT2D eigenvalue weighted by Crippen LogP contribution is 2.21. The summed E-state index contributed by atoms with van der Waals surface area (Å²) in [7, 11) is -2.58. The number of hydrogen-bond acceptors (Lipinski definition) is 5. The van der Waals surface area contributed by atoms with Crippen molar-refractivity contribution < 1.29 is 22.8 Å². The third-order valence-corrected chi connectivity index (χ3v) is 6.49. The van der Waals surface area contributed by atoms with Crippen molar-refractivity contribution in [1.29, 1.82) is 0 Å². The first-order valence-electron chi connectivity index (χ1n) is 8.88. The van der Waals surface area contributed by atoms with Gasteiger partial charge >= 0.3 is 8.80 Å². The minimum Gasteiger partial charge on any atom is -0.465 e. The molecule has 6 heteroatoms. The van der Waals surface area contributed by atoms with E-state index in [0.717, 1.165) is 18.2 Å². The largest absolute Gasteiger partial charge is 0.501 e. The smallest absolute Gasteiger partial charge is 0.465 e. The molecule has 1 aromatic carbocycles. The Labute approximate surface area is 147 Å². The predicted molar refractivity (Wildman–Crippen MR) is 97.3 cm³/mol. The molecule has 0 bridgehead atoms. The molecule has 0 aromatic heterocycles. The second kappa shape index (κ2) is 11.6. The molecule has 0 aliphatic heterocycles. The van der Waals surface area contributed by atoms with Gasteiger partial charge in [0.25, 0.3) is 0 Å². The maximum Gasteiger partial charge on any atom is 0.501 e. The summed E-state index contributed by atoms with van der Waals surface area (Å²) in [5.74, 6) is 0.808. The minimum atomic E-state index is -2.58. The lowest BCUT2D eigenvalue weighted by molar-refractivity contribution is -0.0613. The number of aryl methyl sites for hydroxylation is 1. The fourth-order valence-corrected chi connectivity index (χ4v) is 5.09. The van der Waals surface area contributed by atoms with E-state index in [0.29, 0.717) is 26.4 Å². The van der Waals surface area contributed by atoms with Crippen molar-refractivity contribution in [2.75, 3.05) is 26.4 Å². The summed E-state index contributed by atoms with van der Waals surface area (Å²) < 4.78 is 28.7. The Morgan fingerprint density at radius 3 is 1.83 bits per heavy atom. The first-order valence-corrected chi connectivity index (χ1v) is 10.8. The molecule has 1 rings (SSSR count). The summed E-state index contributed by atoms with van der Waals surface area (Å²) in [5.41, 5.74) is 1.21. The number of benzene rings is 1. The molecule has 0 N–H and O–H groups in total. The standard InChI is InChI=1S/C18H32O5Si/c1-6-19-16(5)23-18-12-10-17(11-13-18)14-15-24(20-7-2,21-8-3)22-9-4/h10-13,16H,6-9,14-15H2,1-5H3. The molecule has 1 atom stereocenters. The van der Waals surface area contributed by atoms with Gasteiger partial charge in [-0.3, -0.25) is 0 Å². The Morgan fingerprint density at radius 1 is 0.833 bits per heavy atom. The van der Waals surface area contributed by atoms with Crippen LogP contribution in [0.4, 0.5) is 0 Å². The summed E-state index contributed by atoms with van der Waals surface area (Å²) in [6, 6.07) is 8.85. The average molecular weight is 357 g/mol. The van der Waals surface area contributed by atoms with E-state index < -0.39 is 8.80 Å². The van der Waals surface area contributed by atoms with Crippen LogP contribution in [0.3, 0.4) is 0 Å². The van der Waals surface area contributed by atoms with Gasteiger partial charge in [0.05, 0.1) is 0 Å². The maximum atomic E-state index is 5.89. The molecule has 0 spiro atoms. The van der Waals surface area contributed by atoms with Crippen LogP contribution in [0.2, 0.25) is 6.04 Å². The fraction of sp³-hybridized carbons (Fsp3) is 0.667. The lowest BCUT2D eigenvalue weighted by atomic mass is 10.2. The van der Waals surface area contributed by atoms with Gasteiger partial charge in [-0.15, -0.1) is 0 Å². The molecule has 0 aliphatic carbocycles. The number of hydrogen-bond donors (Lipinski definition) is 0. The zero-order valence-electron chi connectivity index (χ0n) is 15.7. The predicted octanol–water partition coefficient (Wildman–Crippen LogP) is 4.04. The van der Waals surface area contributed by atoms with E-state index in [-0.39, 0.29) is 6.29 Å². The molecule has 0 radical (unpaired) electrons. The number of ether oxygens (including phenoxy) is 2. The Hall–Kier alpha value is -0.923. The highest BCUT2D eigenvalue weighted by atomic mass is 28.4. The molecule has 0 amide bonds. The van der Waals surface area contributed by atoms with Gasteiger partial charge in [-0.1, -0.05) is 12.1 Å². The zero-order valence-corrected chi connectivity index (χ0v) is 16.7. The molecular formula is C18H32O5Si. The first kappa shape index (κ1) is 21.1. The first-order chi connectivity index (χ1) is 11.6. The second-order valence-corrected chi connectivity index (χ2v) is 8.00. The Bertz CT molecular complexity index is 421. The number of rotatable bonds is 13. The van der Waals surface area contributed by atoms with Crippen LogP contribution in [-0.2, 0) is 24.4 Å². The minimum absolute atomic E-state index is 0.241.